The van der Waals surface area contributed by atoms with Crippen LogP contribution in [0.5, 0.6) is 0 Å². The van der Waals surface area contributed by atoms with Crippen LogP contribution in [0, 0.1) is 12.8 Å². The minimum Gasteiger partial charge on any atom is -0.328 e. The van der Waals surface area contributed by atoms with Crippen LogP contribution in [0.1, 0.15) is 48.3 Å². The van der Waals surface area contributed by atoms with Gasteiger partial charge in [-0.2, -0.15) is 5.21 Å². The van der Waals surface area contributed by atoms with Crippen LogP contribution in [-0.4, -0.2) is 39.8 Å². The van der Waals surface area contributed by atoms with Gasteiger partial charge >= 0.3 is 0 Å². The van der Waals surface area contributed by atoms with Crippen molar-refractivity contribution in [1.29, 1.82) is 0 Å². The lowest BCUT2D eigenvalue weighted by atomic mass is 9.80. The minimum absolute atomic E-state index is 0.387. The summed E-state index contributed by atoms with van der Waals surface area (Å²) in [5.41, 5.74) is 13.6. The molecule has 0 unspecified atom stereocenters. The molecule has 0 spiro atoms. The van der Waals surface area contributed by atoms with Gasteiger partial charge in [0.15, 0.2) is 0 Å². The summed E-state index contributed by atoms with van der Waals surface area (Å²) in [5, 5.41) is 18.5. The largest absolute Gasteiger partial charge is 0.328 e. The number of nitrogens with one attached hydrogen (secondary N) is 2. The number of aromatic amines is 1. The second kappa shape index (κ2) is 8.28. The van der Waals surface area contributed by atoms with Gasteiger partial charge in [-0.1, -0.05) is 36.4 Å². The maximum Gasteiger partial charge on any atom is 0.205 e. The molecule has 1 aliphatic carbocycles. The van der Waals surface area contributed by atoms with E-state index in [1.807, 2.05) is 0 Å². The highest BCUT2D eigenvalue weighted by molar-refractivity contribution is 5.83. The van der Waals surface area contributed by atoms with Crippen LogP contribution in [0.4, 0.5) is 0 Å². The van der Waals surface area contributed by atoms with Crippen molar-refractivity contribution in [2.75, 3.05) is 13.1 Å². The Kier molecular flexibility index (Phi) is 5.35. The highest BCUT2D eigenvalue weighted by atomic mass is 15.5. The number of nitrogens with zero attached hydrogens (tertiary/aromatic N) is 3. The molecule has 2 heterocycles. The predicted octanol–water partition coefficient (Wildman–Crippen LogP) is 3.59. The molecule has 0 bridgehead atoms. The normalized spacial score (nSPS) is 22.1. The van der Waals surface area contributed by atoms with Crippen LogP contribution in [0.25, 0.3) is 22.5 Å². The first-order chi connectivity index (χ1) is 14.7. The van der Waals surface area contributed by atoms with Crippen LogP contribution in [-0.2, 0) is 6.42 Å². The number of tetrazole rings is 1. The molecule has 0 atom stereocenters. The molecule has 2 fully saturated rings. The van der Waals surface area contributed by atoms with Gasteiger partial charge in [0.2, 0.25) is 5.82 Å². The first-order valence-electron chi connectivity index (χ1n) is 11.1. The van der Waals surface area contributed by atoms with E-state index < -0.39 is 0 Å². The Labute approximate surface area is 177 Å². The molecule has 0 radical (unpaired) electrons. The Morgan fingerprint density at radius 3 is 2.40 bits per heavy atom. The van der Waals surface area contributed by atoms with Gasteiger partial charge in [0, 0.05) is 30.6 Å². The SMILES string of the molecule is Cc1c(CC2CCC(N)CC2)ccc(-c2ccc(C3CNC3)cc2)c1-c1nn[nH]n1. The van der Waals surface area contributed by atoms with E-state index in [1.165, 1.54) is 40.7 Å². The summed E-state index contributed by atoms with van der Waals surface area (Å²) in [6.07, 6.45) is 5.82. The summed E-state index contributed by atoms with van der Waals surface area (Å²) in [6, 6.07) is 13.9. The zero-order chi connectivity index (χ0) is 20.5. The van der Waals surface area contributed by atoms with Crippen molar-refractivity contribution >= 4 is 0 Å². The third kappa shape index (κ3) is 3.77. The number of hydrogen-bond donors (Lipinski definition) is 3. The van der Waals surface area contributed by atoms with Gasteiger partial charge in [-0.3, -0.25) is 0 Å². The summed E-state index contributed by atoms with van der Waals surface area (Å²) < 4.78 is 0. The van der Waals surface area contributed by atoms with Crippen LogP contribution in [0.3, 0.4) is 0 Å². The van der Waals surface area contributed by atoms with Gasteiger partial charge in [0.1, 0.15) is 0 Å². The average Bonchev–Trinajstić information content (AvgIpc) is 3.25. The van der Waals surface area contributed by atoms with E-state index in [-0.39, 0.29) is 0 Å². The fraction of sp³-hybridized carbons (Fsp3) is 0.458. The Bertz CT molecular complexity index is 983. The molecule has 4 N–H and O–H groups in total. The molecule has 6 heteroatoms. The second-order valence-corrected chi connectivity index (χ2v) is 8.97. The summed E-state index contributed by atoms with van der Waals surface area (Å²) in [7, 11) is 0. The third-order valence-electron chi connectivity index (χ3n) is 7.02. The van der Waals surface area contributed by atoms with Crippen LogP contribution in [0.2, 0.25) is 0 Å². The molecule has 5 rings (SSSR count). The molecule has 1 saturated carbocycles. The molecule has 6 nitrogen and oxygen atoms in total. The van der Waals surface area contributed by atoms with Gasteiger partial charge in [-0.25, -0.2) is 0 Å². The van der Waals surface area contributed by atoms with Crippen molar-refractivity contribution in [3.63, 3.8) is 0 Å². The van der Waals surface area contributed by atoms with Crippen LogP contribution >= 0.6 is 0 Å². The van der Waals surface area contributed by atoms with Gasteiger partial charge in [0.05, 0.1) is 0 Å². The zero-order valence-corrected chi connectivity index (χ0v) is 17.6. The average molecular weight is 403 g/mol. The zero-order valence-electron chi connectivity index (χ0n) is 17.6. The quantitative estimate of drug-likeness (QED) is 0.606. The molecule has 2 aliphatic rings. The summed E-state index contributed by atoms with van der Waals surface area (Å²) in [6.45, 7) is 4.36. The van der Waals surface area contributed by atoms with Crippen molar-refractivity contribution in [2.45, 2.75) is 51.0 Å². The smallest absolute Gasteiger partial charge is 0.205 e. The van der Waals surface area contributed by atoms with E-state index in [4.69, 9.17) is 5.73 Å². The number of rotatable bonds is 5. The van der Waals surface area contributed by atoms with E-state index in [1.54, 1.807) is 0 Å². The standard InChI is InChI=1S/C24H30N6/c1-15-19(12-16-2-9-21(25)10-3-16)8-11-22(23(15)24-27-29-30-28-24)18-6-4-17(5-7-18)20-13-26-14-20/h4-8,11,16,20-21,26H,2-3,9-10,12-14,25H2,1H3,(H,27,28,29,30). The fourth-order valence-corrected chi connectivity index (χ4v) is 4.93. The Balaban J connectivity index is 1.48. The van der Waals surface area contributed by atoms with Crippen molar-refractivity contribution in [1.82, 2.24) is 25.9 Å². The monoisotopic (exact) mass is 402 g/mol. The number of hydrogen-bond acceptors (Lipinski definition) is 5. The lowest BCUT2D eigenvalue weighted by Crippen LogP contribution is -2.39. The Hall–Kier alpha value is -2.57. The maximum atomic E-state index is 6.10. The second-order valence-electron chi connectivity index (χ2n) is 8.97. The van der Waals surface area contributed by atoms with Crippen LogP contribution < -0.4 is 11.1 Å². The van der Waals surface area contributed by atoms with Crippen LogP contribution in [0.15, 0.2) is 36.4 Å². The van der Waals surface area contributed by atoms with E-state index in [2.05, 4.69) is 69.3 Å². The minimum atomic E-state index is 0.387. The van der Waals surface area contributed by atoms with Crippen molar-refractivity contribution in [2.24, 2.45) is 11.7 Å². The molecule has 0 amide bonds. The summed E-state index contributed by atoms with van der Waals surface area (Å²) in [4.78, 5) is 0. The van der Waals surface area contributed by atoms with Gasteiger partial charge < -0.3 is 11.1 Å². The van der Waals surface area contributed by atoms with E-state index in [0.717, 1.165) is 37.9 Å². The highest BCUT2D eigenvalue weighted by Crippen LogP contribution is 2.37. The molecular weight excluding hydrogens is 372 g/mol. The fourth-order valence-electron chi connectivity index (χ4n) is 4.93. The molecule has 1 aromatic heterocycles. The molecule has 1 saturated heterocycles. The Morgan fingerprint density at radius 2 is 1.77 bits per heavy atom. The van der Waals surface area contributed by atoms with Gasteiger partial charge in [0.25, 0.3) is 0 Å². The lowest BCUT2D eigenvalue weighted by molar-refractivity contribution is 0.324. The van der Waals surface area contributed by atoms with Crippen molar-refractivity contribution < 1.29 is 0 Å². The summed E-state index contributed by atoms with van der Waals surface area (Å²) in [5.74, 6) is 2.02. The molecular formula is C24H30N6. The van der Waals surface area contributed by atoms with E-state index >= 15 is 0 Å². The number of benzene rings is 2. The molecule has 30 heavy (non-hydrogen) atoms. The maximum absolute atomic E-state index is 6.10. The topological polar surface area (TPSA) is 92.5 Å². The molecule has 3 aromatic rings. The summed E-state index contributed by atoms with van der Waals surface area (Å²) >= 11 is 0. The Morgan fingerprint density at radius 1 is 1.00 bits per heavy atom. The first kappa shape index (κ1) is 19.4. The highest BCUT2D eigenvalue weighted by Gasteiger charge is 2.23. The predicted molar refractivity (Wildman–Crippen MR) is 119 cm³/mol. The van der Waals surface area contributed by atoms with E-state index in [9.17, 15) is 0 Å². The van der Waals surface area contributed by atoms with Gasteiger partial charge in [-0.05, 0) is 78.0 Å². The van der Waals surface area contributed by atoms with Gasteiger partial charge in [-0.15, -0.1) is 10.2 Å². The number of nitrogens with two attached hydrogens (primary N) is 1. The number of aromatic nitrogens is 4. The lowest BCUT2D eigenvalue weighted by Gasteiger charge is -2.28. The molecule has 156 valence electrons. The third-order valence-corrected chi connectivity index (χ3v) is 7.02. The van der Waals surface area contributed by atoms with E-state index in [0.29, 0.717) is 23.7 Å². The molecule has 1 aliphatic heterocycles. The first-order valence-corrected chi connectivity index (χ1v) is 11.1. The molecule has 2 aromatic carbocycles. The van der Waals surface area contributed by atoms with Crippen molar-refractivity contribution in [3.05, 3.63) is 53.1 Å². The van der Waals surface area contributed by atoms with Crippen molar-refractivity contribution in [3.8, 4) is 22.5 Å². The number of H-pyrrole nitrogens is 1.